The lowest BCUT2D eigenvalue weighted by atomic mass is 9.95. The Morgan fingerprint density at radius 3 is 2.50 bits per heavy atom. The number of hydrogen-bond donors (Lipinski definition) is 1. The molecular formula is C24H25N3O5. The van der Waals surface area contributed by atoms with Crippen LogP contribution in [-0.2, 0) is 16.6 Å². The molecule has 0 aliphatic carbocycles. The minimum Gasteiger partial charge on any atom is -0.507 e. The van der Waals surface area contributed by atoms with Gasteiger partial charge in [-0.1, -0.05) is 30.3 Å². The van der Waals surface area contributed by atoms with Crippen LogP contribution in [0.3, 0.4) is 0 Å². The smallest absolute Gasteiger partial charge is 0.419 e. The Hall–Kier alpha value is -3.65. The summed E-state index contributed by atoms with van der Waals surface area (Å²) in [7, 11) is 5.48. The lowest BCUT2D eigenvalue weighted by molar-refractivity contribution is -0.139. The third-order valence-corrected chi connectivity index (χ3v) is 5.73. The molecule has 8 heteroatoms. The predicted octanol–water partition coefficient (Wildman–Crippen LogP) is 2.50. The van der Waals surface area contributed by atoms with E-state index in [9.17, 15) is 19.5 Å². The van der Waals surface area contributed by atoms with Gasteiger partial charge in [-0.2, -0.15) is 0 Å². The van der Waals surface area contributed by atoms with Crippen LogP contribution in [-0.4, -0.2) is 58.3 Å². The average Bonchev–Trinajstić information content (AvgIpc) is 3.20. The molecule has 1 aliphatic rings. The second kappa shape index (κ2) is 8.47. The number of Topliss-reactive ketones (excluding diaryl/α,β-unsaturated/α-hetero) is 1. The van der Waals surface area contributed by atoms with E-state index < -0.39 is 23.5 Å². The summed E-state index contributed by atoms with van der Waals surface area (Å²) in [5.74, 6) is -2.17. The molecule has 3 aromatic rings. The van der Waals surface area contributed by atoms with E-state index in [1.54, 1.807) is 19.2 Å². The summed E-state index contributed by atoms with van der Waals surface area (Å²) in [5.41, 5.74) is 1.93. The zero-order valence-corrected chi connectivity index (χ0v) is 18.2. The quantitative estimate of drug-likeness (QED) is 0.363. The van der Waals surface area contributed by atoms with Crippen molar-refractivity contribution in [3.05, 3.63) is 75.8 Å². The van der Waals surface area contributed by atoms with Crippen LogP contribution >= 0.6 is 0 Å². The fourth-order valence-electron chi connectivity index (χ4n) is 4.09. The number of aromatic nitrogens is 1. The normalized spacial score (nSPS) is 18.2. The molecular weight excluding hydrogens is 410 g/mol. The summed E-state index contributed by atoms with van der Waals surface area (Å²) >= 11 is 0. The van der Waals surface area contributed by atoms with E-state index in [1.165, 1.54) is 15.5 Å². The number of benzene rings is 2. The molecule has 2 aromatic carbocycles. The first kappa shape index (κ1) is 21.6. The van der Waals surface area contributed by atoms with Crippen LogP contribution in [0.25, 0.3) is 16.9 Å². The molecule has 2 heterocycles. The molecule has 0 bridgehead atoms. The van der Waals surface area contributed by atoms with E-state index >= 15 is 0 Å². The van der Waals surface area contributed by atoms with E-state index in [0.29, 0.717) is 24.0 Å². The minimum atomic E-state index is -0.726. The summed E-state index contributed by atoms with van der Waals surface area (Å²) in [6.07, 6.45) is 0.685. The summed E-state index contributed by atoms with van der Waals surface area (Å²) in [4.78, 5) is 41.3. The standard InChI is InChI=1S/C24H25N3O5/c1-25(2)12-7-13-27-20(15-8-5-4-6-9-15)19(22(29)23(27)30)21(28)16-10-11-17-18(14-16)32-24(31)26(17)3/h4-6,8-11,14,20,28H,7,12-13H2,1-3H3/b21-19+. The lowest BCUT2D eigenvalue weighted by Gasteiger charge is -2.26. The topological polar surface area (TPSA) is 96.0 Å². The molecule has 8 nitrogen and oxygen atoms in total. The maximum atomic E-state index is 13.0. The van der Waals surface area contributed by atoms with Gasteiger partial charge in [-0.15, -0.1) is 0 Å². The Bertz CT molecular complexity index is 1270. The number of rotatable bonds is 6. The van der Waals surface area contributed by atoms with Crippen LogP contribution in [0.5, 0.6) is 0 Å². The van der Waals surface area contributed by atoms with Crippen molar-refractivity contribution in [3.8, 4) is 0 Å². The van der Waals surface area contributed by atoms with E-state index in [0.717, 1.165) is 12.1 Å². The first-order chi connectivity index (χ1) is 15.3. The number of carbonyl (C=O) groups is 2. The number of likely N-dealkylation sites (tertiary alicyclic amines) is 1. The summed E-state index contributed by atoms with van der Waals surface area (Å²) < 4.78 is 6.57. The fraction of sp³-hybridized carbons (Fsp3) is 0.292. The predicted molar refractivity (Wildman–Crippen MR) is 120 cm³/mol. The monoisotopic (exact) mass is 435 g/mol. The molecule has 0 radical (unpaired) electrons. The Morgan fingerprint density at radius 1 is 1.09 bits per heavy atom. The highest BCUT2D eigenvalue weighted by Crippen LogP contribution is 2.39. The van der Waals surface area contributed by atoms with Gasteiger partial charge in [0.05, 0.1) is 17.1 Å². The van der Waals surface area contributed by atoms with E-state index in [4.69, 9.17) is 4.42 Å². The van der Waals surface area contributed by atoms with Gasteiger partial charge in [0, 0.05) is 19.2 Å². The summed E-state index contributed by atoms with van der Waals surface area (Å²) in [5, 5.41) is 11.2. The molecule has 1 N–H and O–H groups in total. The van der Waals surface area contributed by atoms with Crippen LogP contribution in [0.15, 0.2) is 63.3 Å². The van der Waals surface area contributed by atoms with Crippen molar-refractivity contribution in [2.24, 2.45) is 7.05 Å². The molecule has 1 aliphatic heterocycles. The highest BCUT2D eigenvalue weighted by molar-refractivity contribution is 6.46. The Labute approximate surface area is 185 Å². The van der Waals surface area contributed by atoms with Gasteiger partial charge in [-0.25, -0.2) is 4.79 Å². The van der Waals surface area contributed by atoms with Crippen LogP contribution in [0.1, 0.15) is 23.6 Å². The van der Waals surface area contributed by atoms with Crippen LogP contribution < -0.4 is 5.76 Å². The third kappa shape index (κ3) is 3.73. The molecule has 1 atom stereocenters. The largest absolute Gasteiger partial charge is 0.507 e. The zero-order valence-electron chi connectivity index (χ0n) is 18.2. The number of oxazole rings is 1. The molecule has 1 unspecified atom stereocenters. The molecule has 4 rings (SSSR count). The zero-order chi connectivity index (χ0) is 23.0. The first-order valence-electron chi connectivity index (χ1n) is 10.4. The van der Waals surface area contributed by atoms with Gasteiger partial charge in [-0.05, 0) is 50.8 Å². The van der Waals surface area contributed by atoms with Gasteiger partial charge in [0.25, 0.3) is 11.7 Å². The van der Waals surface area contributed by atoms with Crippen molar-refractivity contribution in [1.82, 2.24) is 14.4 Å². The number of amides is 1. The van der Waals surface area contributed by atoms with Gasteiger partial charge in [-0.3, -0.25) is 14.2 Å². The Kier molecular flexibility index (Phi) is 5.71. The van der Waals surface area contributed by atoms with E-state index in [2.05, 4.69) is 0 Å². The number of aliphatic hydroxyl groups is 1. The van der Waals surface area contributed by atoms with Gasteiger partial charge in [0.15, 0.2) is 5.58 Å². The van der Waals surface area contributed by atoms with Gasteiger partial charge in [0.1, 0.15) is 5.76 Å². The number of aryl methyl sites for hydroxylation is 1. The van der Waals surface area contributed by atoms with Crippen molar-refractivity contribution in [2.45, 2.75) is 12.5 Å². The molecule has 32 heavy (non-hydrogen) atoms. The fourth-order valence-corrected chi connectivity index (χ4v) is 4.09. The maximum Gasteiger partial charge on any atom is 0.419 e. The number of aliphatic hydroxyl groups excluding tert-OH is 1. The highest BCUT2D eigenvalue weighted by atomic mass is 16.4. The number of hydrogen-bond acceptors (Lipinski definition) is 6. The molecule has 1 amide bonds. The van der Waals surface area contributed by atoms with Crippen molar-refractivity contribution in [2.75, 3.05) is 27.2 Å². The molecule has 1 saturated heterocycles. The van der Waals surface area contributed by atoms with Crippen LogP contribution in [0.4, 0.5) is 0 Å². The first-order valence-corrected chi connectivity index (χ1v) is 10.4. The number of ketones is 1. The second-order valence-electron chi connectivity index (χ2n) is 8.17. The highest BCUT2D eigenvalue weighted by Gasteiger charge is 2.45. The van der Waals surface area contributed by atoms with Gasteiger partial charge >= 0.3 is 5.76 Å². The molecule has 1 fully saturated rings. The van der Waals surface area contributed by atoms with E-state index in [1.807, 2.05) is 49.3 Å². The van der Waals surface area contributed by atoms with Gasteiger partial charge < -0.3 is 19.3 Å². The minimum absolute atomic E-state index is 0.0312. The Balaban J connectivity index is 1.82. The van der Waals surface area contributed by atoms with Crippen molar-refractivity contribution in [3.63, 3.8) is 0 Å². The molecule has 0 spiro atoms. The molecule has 0 saturated carbocycles. The van der Waals surface area contributed by atoms with E-state index in [-0.39, 0.29) is 16.9 Å². The maximum absolute atomic E-state index is 13.0. The molecule has 166 valence electrons. The van der Waals surface area contributed by atoms with Crippen molar-refractivity contribution < 1.29 is 19.1 Å². The lowest BCUT2D eigenvalue weighted by Crippen LogP contribution is -2.32. The number of fused-ring (bicyclic) bond motifs is 1. The second-order valence-corrected chi connectivity index (χ2v) is 8.17. The number of carbonyl (C=O) groups excluding carboxylic acids is 2. The molecule has 1 aromatic heterocycles. The van der Waals surface area contributed by atoms with Crippen LogP contribution in [0, 0.1) is 0 Å². The summed E-state index contributed by atoms with van der Waals surface area (Å²) in [6.45, 7) is 1.14. The number of nitrogens with zero attached hydrogens (tertiary/aromatic N) is 3. The van der Waals surface area contributed by atoms with Gasteiger partial charge in [0.2, 0.25) is 0 Å². The third-order valence-electron chi connectivity index (χ3n) is 5.73. The average molecular weight is 435 g/mol. The SMILES string of the molecule is CN(C)CCCN1C(=O)C(=O)/C(=C(/O)c2ccc3c(c2)oc(=O)n3C)C1c1ccccc1. The van der Waals surface area contributed by atoms with Crippen molar-refractivity contribution >= 4 is 28.5 Å². The van der Waals surface area contributed by atoms with Crippen LogP contribution in [0.2, 0.25) is 0 Å². The summed E-state index contributed by atoms with van der Waals surface area (Å²) in [6, 6.07) is 13.2. The van der Waals surface area contributed by atoms with Crippen molar-refractivity contribution in [1.29, 1.82) is 0 Å². The Morgan fingerprint density at radius 2 is 1.81 bits per heavy atom.